The van der Waals surface area contributed by atoms with E-state index in [9.17, 15) is 0 Å². The van der Waals surface area contributed by atoms with Gasteiger partial charge in [-0.2, -0.15) is 0 Å². The van der Waals surface area contributed by atoms with Crippen molar-refractivity contribution in [3.8, 4) is 0 Å². The predicted molar refractivity (Wildman–Crippen MR) is 56.9 cm³/mol. The molecule has 13 heavy (non-hydrogen) atoms. The van der Waals surface area contributed by atoms with Gasteiger partial charge in [0.2, 0.25) is 0 Å². The number of hydrogen-bond acceptors (Lipinski definition) is 2. The quantitative estimate of drug-likeness (QED) is 0.697. The van der Waals surface area contributed by atoms with E-state index < -0.39 is 0 Å². The van der Waals surface area contributed by atoms with E-state index in [1.165, 1.54) is 0 Å². The molecule has 1 heterocycles. The van der Waals surface area contributed by atoms with Crippen LogP contribution in [-0.2, 0) is 0 Å². The van der Waals surface area contributed by atoms with Gasteiger partial charge in [-0.25, -0.2) is 9.97 Å². The molecular formula is C11H20N2. The molecule has 0 aliphatic rings. The SMILES string of the molecule is C.CC(C)c1cc(C(C)C)ncn1. The van der Waals surface area contributed by atoms with E-state index >= 15 is 0 Å². The molecule has 0 aliphatic heterocycles. The summed E-state index contributed by atoms with van der Waals surface area (Å²) in [6.45, 7) is 8.58. The Bertz CT molecular complexity index is 231. The van der Waals surface area contributed by atoms with Gasteiger partial charge >= 0.3 is 0 Å². The number of rotatable bonds is 2. The monoisotopic (exact) mass is 180 g/mol. The summed E-state index contributed by atoms with van der Waals surface area (Å²) >= 11 is 0. The van der Waals surface area contributed by atoms with Gasteiger partial charge in [0.05, 0.1) is 0 Å². The fourth-order valence-electron chi connectivity index (χ4n) is 1.02. The van der Waals surface area contributed by atoms with Gasteiger partial charge in [0, 0.05) is 11.4 Å². The molecule has 1 rings (SSSR count). The lowest BCUT2D eigenvalue weighted by atomic mass is 10.1. The van der Waals surface area contributed by atoms with E-state index in [1.54, 1.807) is 6.33 Å². The van der Waals surface area contributed by atoms with Crippen LogP contribution < -0.4 is 0 Å². The molecule has 0 saturated carbocycles. The minimum Gasteiger partial charge on any atom is -0.241 e. The average Bonchev–Trinajstić information content (AvgIpc) is 2.04. The third-order valence-electron chi connectivity index (χ3n) is 1.89. The van der Waals surface area contributed by atoms with E-state index in [0.29, 0.717) is 11.8 Å². The van der Waals surface area contributed by atoms with Crippen molar-refractivity contribution in [1.82, 2.24) is 9.97 Å². The minimum atomic E-state index is 0. The first-order valence-electron chi connectivity index (χ1n) is 4.43. The highest BCUT2D eigenvalue weighted by molar-refractivity contribution is 5.13. The van der Waals surface area contributed by atoms with Crippen molar-refractivity contribution >= 4 is 0 Å². The third kappa shape index (κ3) is 3.13. The maximum absolute atomic E-state index is 4.21. The van der Waals surface area contributed by atoms with Crippen molar-refractivity contribution in [2.75, 3.05) is 0 Å². The fraction of sp³-hybridized carbons (Fsp3) is 0.636. The molecule has 0 N–H and O–H groups in total. The van der Waals surface area contributed by atoms with Gasteiger partial charge in [-0.3, -0.25) is 0 Å². The fourth-order valence-corrected chi connectivity index (χ4v) is 1.02. The van der Waals surface area contributed by atoms with E-state index in [0.717, 1.165) is 11.4 Å². The standard InChI is InChI=1S/C10H16N2.CH4/c1-7(2)9-5-10(8(3)4)12-6-11-9;/h5-8H,1-4H3;1H4. The molecule has 0 spiro atoms. The maximum Gasteiger partial charge on any atom is 0.115 e. The summed E-state index contributed by atoms with van der Waals surface area (Å²) < 4.78 is 0. The molecule has 0 aliphatic carbocycles. The van der Waals surface area contributed by atoms with Crippen molar-refractivity contribution in [1.29, 1.82) is 0 Å². The Balaban J connectivity index is 0.00000144. The number of hydrogen-bond donors (Lipinski definition) is 0. The number of aromatic nitrogens is 2. The van der Waals surface area contributed by atoms with E-state index in [2.05, 4.69) is 43.7 Å². The van der Waals surface area contributed by atoms with Gasteiger partial charge in [-0.15, -0.1) is 0 Å². The van der Waals surface area contributed by atoms with Gasteiger partial charge in [0.25, 0.3) is 0 Å². The molecule has 0 saturated heterocycles. The third-order valence-corrected chi connectivity index (χ3v) is 1.89. The highest BCUT2D eigenvalue weighted by Gasteiger charge is 2.04. The van der Waals surface area contributed by atoms with Gasteiger partial charge in [0.15, 0.2) is 0 Å². The zero-order valence-electron chi connectivity index (χ0n) is 8.20. The Kier molecular flexibility index (Phi) is 4.60. The topological polar surface area (TPSA) is 25.8 Å². The van der Waals surface area contributed by atoms with Crippen LogP contribution in [0.1, 0.15) is 58.3 Å². The van der Waals surface area contributed by atoms with Gasteiger partial charge in [-0.1, -0.05) is 35.1 Å². The van der Waals surface area contributed by atoms with Gasteiger partial charge in [0.1, 0.15) is 6.33 Å². The summed E-state index contributed by atoms with van der Waals surface area (Å²) in [6, 6.07) is 2.09. The molecule has 0 aromatic carbocycles. The Morgan fingerprint density at radius 2 is 1.31 bits per heavy atom. The summed E-state index contributed by atoms with van der Waals surface area (Å²) in [4.78, 5) is 8.42. The van der Waals surface area contributed by atoms with E-state index in [1.807, 2.05) is 0 Å². The second-order valence-electron chi connectivity index (χ2n) is 3.68. The normalized spacial score (nSPS) is 10.3. The van der Waals surface area contributed by atoms with Crippen molar-refractivity contribution in [2.24, 2.45) is 0 Å². The Hall–Kier alpha value is -0.920. The molecule has 0 radical (unpaired) electrons. The number of nitrogens with zero attached hydrogens (tertiary/aromatic N) is 2. The molecule has 2 heteroatoms. The molecule has 0 atom stereocenters. The van der Waals surface area contributed by atoms with Crippen LogP contribution in [0.2, 0.25) is 0 Å². The van der Waals surface area contributed by atoms with Crippen molar-refractivity contribution in [3.63, 3.8) is 0 Å². The lowest BCUT2D eigenvalue weighted by Crippen LogP contribution is -1.98. The van der Waals surface area contributed by atoms with Crippen LogP contribution in [0.4, 0.5) is 0 Å². The molecule has 1 aromatic rings. The van der Waals surface area contributed by atoms with Crippen molar-refractivity contribution in [3.05, 3.63) is 23.8 Å². The van der Waals surface area contributed by atoms with E-state index in [4.69, 9.17) is 0 Å². The van der Waals surface area contributed by atoms with Gasteiger partial charge < -0.3 is 0 Å². The average molecular weight is 180 g/mol. The molecule has 0 unspecified atom stereocenters. The molecule has 0 amide bonds. The zero-order chi connectivity index (χ0) is 9.14. The van der Waals surface area contributed by atoms with Gasteiger partial charge in [-0.05, 0) is 17.9 Å². The first-order chi connectivity index (χ1) is 5.61. The highest BCUT2D eigenvalue weighted by atomic mass is 14.8. The maximum atomic E-state index is 4.21. The van der Waals surface area contributed by atoms with Crippen LogP contribution in [0, 0.1) is 0 Å². The first-order valence-corrected chi connectivity index (χ1v) is 4.43. The lowest BCUT2D eigenvalue weighted by Gasteiger charge is -2.07. The minimum absolute atomic E-state index is 0. The lowest BCUT2D eigenvalue weighted by molar-refractivity contribution is 0.767. The Labute approximate surface area is 81.4 Å². The van der Waals surface area contributed by atoms with Crippen molar-refractivity contribution in [2.45, 2.75) is 47.0 Å². The first kappa shape index (κ1) is 12.1. The van der Waals surface area contributed by atoms with Crippen LogP contribution in [0.5, 0.6) is 0 Å². The summed E-state index contributed by atoms with van der Waals surface area (Å²) in [6.07, 6.45) is 1.66. The van der Waals surface area contributed by atoms with E-state index in [-0.39, 0.29) is 7.43 Å². The largest absolute Gasteiger partial charge is 0.241 e. The summed E-state index contributed by atoms with van der Waals surface area (Å²) in [5, 5.41) is 0. The van der Waals surface area contributed by atoms with Crippen LogP contribution in [-0.4, -0.2) is 9.97 Å². The molecular weight excluding hydrogens is 160 g/mol. The summed E-state index contributed by atoms with van der Waals surface area (Å²) in [5.74, 6) is 0.982. The Morgan fingerprint density at radius 3 is 1.62 bits per heavy atom. The van der Waals surface area contributed by atoms with Crippen molar-refractivity contribution < 1.29 is 0 Å². The molecule has 1 aromatic heterocycles. The second kappa shape index (κ2) is 4.95. The predicted octanol–water partition coefficient (Wildman–Crippen LogP) is 3.36. The summed E-state index contributed by atoms with van der Waals surface area (Å²) in [5.41, 5.74) is 2.27. The molecule has 2 nitrogen and oxygen atoms in total. The zero-order valence-corrected chi connectivity index (χ0v) is 8.20. The van der Waals surface area contributed by atoms with Crippen LogP contribution in [0.15, 0.2) is 12.4 Å². The Morgan fingerprint density at radius 1 is 0.923 bits per heavy atom. The molecule has 0 fully saturated rings. The van der Waals surface area contributed by atoms with Crippen LogP contribution in [0.3, 0.4) is 0 Å². The molecule has 74 valence electrons. The van der Waals surface area contributed by atoms with Crippen LogP contribution >= 0.6 is 0 Å². The highest BCUT2D eigenvalue weighted by Crippen LogP contribution is 2.15. The summed E-state index contributed by atoms with van der Waals surface area (Å²) in [7, 11) is 0. The molecule has 0 bridgehead atoms. The second-order valence-corrected chi connectivity index (χ2v) is 3.68. The van der Waals surface area contributed by atoms with Crippen LogP contribution in [0.25, 0.3) is 0 Å². The smallest absolute Gasteiger partial charge is 0.115 e.